The smallest absolute Gasteiger partial charge is 0.266 e. The van der Waals surface area contributed by atoms with E-state index in [1.807, 2.05) is 18.2 Å². The van der Waals surface area contributed by atoms with Crippen molar-refractivity contribution >= 4 is 74.5 Å². The van der Waals surface area contributed by atoms with Crippen molar-refractivity contribution in [2.24, 2.45) is 0 Å². The molecule has 1 fully saturated rings. The summed E-state index contributed by atoms with van der Waals surface area (Å²) in [5, 5.41) is 3.30. The van der Waals surface area contributed by atoms with Gasteiger partial charge in [-0.25, -0.2) is 0 Å². The summed E-state index contributed by atoms with van der Waals surface area (Å²) in [4.78, 5) is 35.3. The number of hydrogen-bond acceptors (Lipinski definition) is 6. The third kappa shape index (κ3) is 4.29. The summed E-state index contributed by atoms with van der Waals surface area (Å²) < 4.78 is 0.327. The number of nitrogens with zero attached hydrogens (tertiary/aromatic N) is 3. The van der Waals surface area contributed by atoms with Crippen LogP contribution in [-0.4, -0.2) is 37.5 Å². The molecule has 3 aromatic rings. The number of amides is 2. The maximum Gasteiger partial charge on any atom is 0.266 e. The number of hydrogen-bond donors (Lipinski definition) is 1. The molecule has 1 aliphatic heterocycles. The highest BCUT2D eigenvalue weighted by Crippen LogP contribution is 2.33. The molecule has 0 aliphatic carbocycles. The Labute approximate surface area is 181 Å². The molecule has 0 bridgehead atoms. The second-order valence-electron chi connectivity index (χ2n) is 6.10. The van der Waals surface area contributed by atoms with E-state index in [4.69, 9.17) is 23.8 Å². The summed E-state index contributed by atoms with van der Waals surface area (Å²) in [5.74, 6) is -0.678. The molecule has 0 atom stereocenters. The van der Waals surface area contributed by atoms with Crippen LogP contribution in [-0.2, 0) is 9.59 Å². The van der Waals surface area contributed by atoms with E-state index < -0.39 is 0 Å². The third-order valence-electron chi connectivity index (χ3n) is 4.12. The molecule has 2 aromatic carbocycles. The van der Waals surface area contributed by atoms with Crippen molar-refractivity contribution in [3.05, 3.63) is 70.3 Å². The molecular formula is C20H13ClN4O2S2. The minimum absolute atomic E-state index is 0.178. The maximum atomic E-state index is 12.7. The van der Waals surface area contributed by atoms with Crippen molar-refractivity contribution in [2.75, 3.05) is 11.9 Å². The highest BCUT2D eigenvalue weighted by molar-refractivity contribution is 8.26. The molecule has 1 aliphatic rings. The van der Waals surface area contributed by atoms with Crippen LogP contribution >= 0.6 is 35.6 Å². The average Bonchev–Trinajstić information content (AvgIpc) is 2.97. The predicted molar refractivity (Wildman–Crippen MR) is 119 cm³/mol. The molecule has 2 heterocycles. The SMILES string of the molecule is O=C(CN1C(=O)/C(=C/c2ccccc2Cl)SC1=S)Nc1ccc2nccnc2c1. The standard InChI is InChI=1S/C20H13ClN4O2S2/c21-14-4-2-1-3-12(14)9-17-19(27)25(20(28)29-17)11-18(26)24-13-5-6-15-16(10-13)23-8-7-22-15/h1-10H,11H2,(H,24,26)/b17-9-. The molecule has 0 unspecified atom stereocenters. The van der Waals surface area contributed by atoms with E-state index in [2.05, 4.69) is 15.3 Å². The number of thioether (sulfide) groups is 1. The molecule has 0 spiro atoms. The van der Waals surface area contributed by atoms with Crippen LogP contribution < -0.4 is 5.32 Å². The van der Waals surface area contributed by atoms with Crippen molar-refractivity contribution in [1.82, 2.24) is 14.9 Å². The lowest BCUT2D eigenvalue weighted by Crippen LogP contribution is -2.36. The highest BCUT2D eigenvalue weighted by Gasteiger charge is 2.33. The van der Waals surface area contributed by atoms with Crippen LogP contribution in [0.1, 0.15) is 5.56 Å². The summed E-state index contributed by atoms with van der Waals surface area (Å²) in [5.41, 5.74) is 2.68. The molecule has 29 heavy (non-hydrogen) atoms. The van der Waals surface area contributed by atoms with E-state index in [1.165, 1.54) is 4.90 Å². The normalized spacial score (nSPS) is 15.3. The molecule has 4 rings (SSSR count). The third-order valence-corrected chi connectivity index (χ3v) is 5.84. The van der Waals surface area contributed by atoms with Crippen LogP contribution in [0.3, 0.4) is 0 Å². The van der Waals surface area contributed by atoms with Crippen LogP contribution in [0.4, 0.5) is 5.69 Å². The molecule has 0 radical (unpaired) electrons. The van der Waals surface area contributed by atoms with Gasteiger partial charge in [-0.05, 0) is 35.9 Å². The van der Waals surface area contributed by atoms with Crippen LogP contribution in [0.2, 0.25) is 5.02 Å². The van der Waals surface area contributed by atoms with Crippen molar-refractivity contribution < 1.29 is 9.59 Å². The average molecular weight is 441 g/mol. The zero-order valence-electron chi connectivity index (χ0n) is 14.8. The molecule has 2 amide bonds. The fourth-order valence-corrected chi connectivity index (χ4v) is 4.19. The number of benzene rings is 2. The van der Waals surface area contributed by atoms with E-state index in [-0.39, 0.29) is 18.4 Å². The molecule has 0 saturated carbocycles. The Morgan fingerprint density at radius 1 is 1.17 bits per heavy atom. The fourth-order valence-electron chi connectivity index (χ4n) is 2.75. The van der Waals surface area contributed by atoms with Crippen molar-refractivity contribution in [3.8, 4) is 0 Å². The first kappa shape index (κ1) is 19.5. The largest absolute Gasteiger partial charge is 0.324 e. The van der Waals surface area contributed by atoms with E-state index in [0.29, 0.717) is 25.5 Å². The molecule has 9 heteroatoms. The van der Waals surface area contributed by atoms with Gasteiger partial charge in [0, 0.05) is 23.1 Å². The summed E-state index contributed by atoms with van der Waals surface area (Å²) in [6.07, 6.45) is 4.87. The van der Waals surface area contributed by atoms with Gasteiger partial charge in [-0.3, -0.25) is 24.5 Å². The first-order valence-electron chi connectivity index (χ1n) is 8.52. The number of aromatic nitrogens is 2. The number of carbonyl (C=O) groups excluding carboxylic acids is 2. The quantitative estimate of drug-likeness (QED) is 0.485. The number of fused-ring (bicyclic) bond motifs is 1. The molecule has 1 aromatic heterocycles. The minimum Gasteiger partial charge on any atom is -0.324 e. The number of rotatable bonds is 4. The molecule has 1 saturated heterocycles. The molecular weight excluding hydrogens is 428 g/mol. The van der Waals surface area contributed by atoms with Gasteiger partial charge < -0.3 is 5.32 Å². The van der Waals surface area contributed by atoms with Gasteiger partial charge in [0.25, 0.3) is 5.91 Å². The first-order valence-corrected chi connectivity index (χ1v) is 10.1. The molecule has 1 N–H and O–H groups in total. The Morgan fingerprint density at radius 3 is 2.72 bits per heavy atom. The highest BCUT2D eigenvalue weighted by atomic mass is 35.5. The van der Waals surface area contributed by atoms with Crippen molar-refractivity contribution in [2.45, 2.75) is 0 Å². The summed E-state index contributed by atoms with van der Waals surface area (Å²) in [6, 6.07) is 12.4. The fraction of sp³-hybridized carbons (Fsp3) is 0.0500. The van der Waals surface area contributed by atoms with Crippen molar-refractivity contribution in [1.29, 1.82) is 0 Å². The number of nitrogens with one attached hydrogen (secondary N) is 1. The lowest BCUT2D eigenvalue weighted by molar-refractivity contribution is -0.126. The lowest BCUT2D eigenvalue weighted by atomic mass is 10.2. The van der Waals surface area contributed by atoms with Crippen LogP contribution in [0.25, 0.3) is 17.1 Å². The Bertz CT molecular complexity index is 1180. The number of carbonyl (C=O) groups is 2. The Morgan fingerprint density at radius 2 is 1.93 bits per heavy atom. The summed E-state index contributed by atoms with van der Waals surface area (Å²) >= 11 is 12.6. The van der Waals surface area contributed by atoms with Gasteiger partial charge in [-0.15, -0.1) is 0 Å². The molecule has 6 nitrogen and oxygen atoms in total. The van der Waals surface area contributed by atoms with Gasteiger partial charge in [0.2, 0.25) is 5.91 Å². The van der Waals surface area contributed by atoms with Crippen LogP contribution in [0.5, 0.6) is 0 Å². The maximum absolute atomic E-state index is 12.7. The zero-order valence-corrected chi connectivity index (χ0v) is 17.2. The summed E-state index contributed by atoms with van der Waals surface area (Å²) in [7, 11) is 0. The predicted octanol–water partition coefficient (Wildman–Crippen LogP) is 4.12. The monoisotopic (exact) mass is 440 g/mol. The van der Waals surface area contributed by atoms with Gasteiger partial charge in [0.05, 0.1) is 15.9 Å². The van der Waals surface area contributed by atoms with Gasteiger partial charge in [-0.2, -0.15) is 0 Å². The number of thiocarbonyl (C=S) groups is 1. The first-order chi connectivity index (χ1) is 14.0. The van der Waals surface area contributed by atoms with E-state index in [0.717, 1.165) is 22.8 Å². The van der Waals surface area contributed by atoms with E-state index in [9.17, 15) is 9.59 Å². The topological polar surface area (TPSA) is 75.2 Å². The van der Waals surface area contributed by atoms with Gasteiger partial charge in [0.15, 0.2) is 0 Å². The van der Waals surface area contributed by atoms with E-state index >= 15 is 0 Å². The van der Waals surface area contributed by atoms with Gasteiger partial charge in [-0.1, -0.05) is 53.8 Å². The second kappa shape index (κ2) is 8.28. The van der Waals surface area contributed by atoms with Crippen LogP contribution in [0.15, 0.2) is 59.8 Å². The van der Waals surface area contributed by atoms with E-state index in [1.54, 1.807) is 42.7 Å². The number of halogens is 1. The molecule has 144 valence electrons. The Balaban J connectivity index is 1.47. The Hall–Kier alpha value is -2.81. The lowest BCUT2D eigenvalue weighted by Gasteiger charge is -2.14. The zero-order chi connectivity index (χ0) is 20.4. The second-order valence-corrected chi connectivity index (χ2v) is 8.18. The van der Waals surface area contributed by atoms with Gasteiger partial charge in [0.1, 0.15) is 10.9 Å². The van der Waals surface area contributed by atoms with Crippen LogP contribution in [0, 0.1) is 0 Å². The minimum atomic E-state index is -0.358. The van der Waals surface area contributed by atoms with Crippen molar-refractivity contribution in [3.63, 3.8) is 0 Å². The number of anilines is 1. The van der Waals surface area contributed by atoms with Gasteiger partial charge >= 0.3 is 0 Å². The Kier molecular flexibility index (Phi) is 5.57. The summed E-state index contributed by atoms with van der Waals surface area (Å²) in [6.45, 7) is -0.178.